The molecule has 0 bridgehead atoms. The molecule has 3 nitrogen and oxygen atoms in total. The van der Waals surface area contributed by atoms with Crippen molar-refractivity contribution in [3.63, 3.8) is 0 Å². The average molecular weight is 304 g/mol. The predicted octanol–water partition coefficient (Wildman–Crippen LogP) is 3.12. The lowest BCUT2D eigenvalue weighted by Gasteiger charge is -2.25. The molecule has 2 heterocycles. The van der Waals surface area contributed by atoms with E-state index in [-0.39, 0.29) is 5.78 Å². The van der Waals surface area contributed by atoms with Crippen LogP contribution in [0.2, 0.25) is 0 Å². The van der Waals surface area contributed by atoms with E-state index in [9.17, 15) is 4.79 Å². The first-order valence-corrected chi connectivity index (χ1v) is 8.72. The Hall–Kier alpha value is -1.33. The Kier molecular flexibility index (Phi) is 4.38. The highest BCUT2D eigenvalue weighted by atomic mass is 32.2. The molecule has 1 aromatic heterocycles. The second-order valence-electron chi connectivity index (χ2n) is 4.69. The monoisotopic (exact) mass is 304 g/mol. The van der Waals surface area contributed by atoms with Crippen LogP contribution >= 0.6 is 23.1 Å². The Morgan fingerprint density at radius 1 is 1.20 bits per heavy atom. The van der Waals surface area contributed by atoms with Gasteiger partial charge in [-0.1, -0.05) is 30.3 Å². The second-order valence-corrected chi connectivity index (χ2v) is 6.75. The lowest BCUT2D eigenvalue weighted by molar-refractivity contribution is 0.0992. The molecule has 0 amide bonds. The standard InChI is InChI=1S/C15H16N2OS2/c18-14(12-4-2-1-3-5-12)10-13-11-20-15(16-13)17-6-8-19-9-7-17/h1-5,11H,6-10H2. The maximum absolute atomic E-state index is 12.1. The molecular formula is C15H16N2OS2. The molecule has 0 spiro atoms. The minimum Gasteiger partial charge on any atom is -0.346 e. The van der Waals surface area contributed by atoms with E-state index in [1.807, 2.05) is 47.5 Å². The van der Waals surface area contributed by atoms with E-state index in [0.29, 0.717) is 6.42 Å². The fraction of sp³-hybridized carbons (Fsp3) is 0.333. The van der Waals surface area contributed by atoms with Crippen molar-refractivity contribution in [2.24, 2.45) is 0 Å². The zero-order valence-electron chi connectivity index (χ0n) is 11.1. The number of hydrogen-bond donors (Lipinski definition) is 0. The van der Waals surface area contributed by atoms with Gasteiger partial charge in [0.15, 0.2) is 10.9 Å². The predicted molar refractivity (Wildman–Crippen MR) is 86.1 cm³/mol. The number of carbonyl (C=O) groups is 1. The molecule has 1 fully saturated rings. The molecule has 3 rings (SSSR count). The quantitative estimate of drug-likeness (QED) is 0.813. The number of aromatic nitrogens is 1. The topological polar surface area (TPSA) is 33.2 Å². The van der Waals surface area contributed by atoms with Gasteiger partial charge in [0.2, 0.25) is 0 Å². The number of Topliss-reactive ketones (excluding diaryl/α,β-unsaturated/α-hetero) is 1. The summed E-state index contributed by atoms with van der Waals surface area (Å²) >= 11 is 3.64. The molecule has 0 aliphatic carbocycles. The minimum absolute atomic E-state index is 0.136. The molecule has 1 aliphatic heterocycles. The van der Waals surface area contributed by atoms with E-state index < -0.39 is 0 Å². The Bertz CT molecular complexity index is 577. The van der Waals surface area contributed by atoms with E-state index in [0.717, 1.165) is 41.0 Å². The maximum atomic E-state index is 12.1. The molecular weight excluding hydrogens is 288 g/mol. The van der Waals surface area contributed by atoms with Crippen molar-refractivity contribution in [2.45, 2.75) is 6.42 Å². The van der Waals surface area contributed by atoms with Crippen molar-refractivity contribution in [2.75, 3.05) is 29.5 Å². The van der Waals surface area contributed by atoms with Gasteiger partial charge in [0.1, 0.15) is 0 Å². The Morgan fingerprint density at radius 2 is 1.95 bits per heavy atom. The van der Waals surface area contributed by atoms with Crippen LogP contribution in [0.4, 0.5) is 5.13 Å². The van der Waals surface area contributed by atoms with Crippen LogP contribution in [0.25, 0.3) is 0 Å². The molecule has 1 aromatic carbocycles. The van der Waals surface area contributed by atoms with Gasteiger partial charge in [-0.05, 0) is 0 Å². The molecule has 104 valence electrons. The van der Waals surface area contributed by atoms with Gasteiger partial charge in [-0.3, -0.25) is 4.79 Å². The Labute approximate surface area is 127 Å². The largest absolute Gasteiger partial charge is 0.346 e. The van der Waals surface area contributed by atoms with Crippen LogP contribution in [0.1, 0.15) is 16.1 Å². The third-order valence-electron chi connectivity index (χ3n) is 3.26. The fourth-order valence-corrected chi connectivity index (χ4v) is 3.95. The average Bonchev–Trinajstić information content (AvgIpc) is 2.97. The zero-order valence-corrected chi connectivity index (χ0v) is 12.8. The summed E-state index contributed by atoms with van der Waals surface area (Å²) in [4.78, 5) is 19.1. The van der Waals surface area contributed by atoms with Gasteiger partial charge >= 0.3 is 0 Å². The number of nitrogens with zero attached hydrogens (tertiary/aromatic N) is 2. The Balaban J connectivity index is 1.66. The summed E-state index contributed by atoms with van der Waals surface area (Å²) in [7, 11) is 0. The van der Waals surface area contributed by atoms with E-state index in [1.54, 1.807) is 11.3 Å². The molecule has 0 atom stereocenters. The molecule has 0 saturated carbocycles. The first-order chi connectivity index (χ1) is 9.83. The number of anilines is 1. The van der Waals surface area contributed by atoms with Gasteiger partial charge in [0.25, 0.3) is 0 Å². The molecule has 0 unspecified atom stereocenters. The second kappa shape index (κ2) is 6.41. The van der Waals surface area contributed by atoms with Crippen molar-refractivity contribution >= 4 is 34.0 Å². The van der Waals surface area contributed by atoms with Crippen molar-refractivity contribution in [3.05, 3.63) is 47.0 Å². The summed E-state index contributed by atoms with van der Waals surface area (Å²) < 4.78 is 0. The van der Waals surface area contributed by atoms with E-state index in [1.165, 1.54) is 0 Å². The number of benzene rings is 1. The van der Waals surface area contributed by atoms with Gasteiger partial charge in [-0.25, -0.2) is 4.98 Å². The highest BCUT2D eigenvalue weighted by Crippen LogP contribution is 2.24. The van der Waals surface area contributed by atoms with Crippen molar-refractivity contribution in [3.8, 4) is 0 Å². The van der Waals surface area contributed by atoms with Gasteiger partial charge in [0, 0.05) is 35.5 Å². The minimum atomic E-state index is 0.136. The smallest absolute Gasteiger partial charge is 0.185 e. The van der Waals surface area contributed by atoms with Crippen LogP contribution in [0.5, 0.6) is 0 Å². The number of thioether (sulfide) groups is 1. The van der Waals surface area contributed by atoms with Crippen LogP contribution in [0.15, 0.2) is 35.7 Å². The normalized spacial score (nSPS) is 15.3. The van der Waals surface area contributed by atoms with Crippen LogP contribution in [-0.2, 0) is 6.42 Å². The summed E-state index contributed by atoms with van der Waals surface area (Å²) in [5, 5.41) is 3.07. The van der Waals surface area contributed by atoms with E-state index >= 15 is 0 Å². The number of carbonyl (C=O) groups excluding carboxylic acids is 1. The third-order valence-corrected chi connectivity index (χ3v) is 5.15. The third kappa shape index (κ3) is 3.22. The van der Waals surface area contributed by atoms with Gasteiger partial charge in [0.05, 0.1) is 12.1 Å². The molecule has 0 radical (unpaired) electrons. The molecule has 5 heteroatoms. The van der Waals surface area contributed by atoms with Gasteiger partial charge < -0.3 is 4.90 Å². The summed E-state index contributed by atoms with van der Waals surface area (Å²) in [5.74, 6) is 2.46. The number of rotatable bonds is 4. The summed E-state index contributed by atoms with van der Waals surface area (Å²) in [6, 6.07) is 9.43. The lowest BCUT2D eigenvalue weighted by Crippen LogP contribution is -2.32. The zero-order chi connectivity index (χ0) is 13.8. The molecule has 1 aliphatic rings. The van der Waals surface area contributed by atoms with Crippen LogP contribution < -0.4 is 4.90 Å². The fourth-order valence-electron chi connectivity index (χ4n) is 2.17. The molecule has 0 N–H and O–H groups in total. The first kappa shape index (κ1) is 13.6. The lowest BCUT2D eigenvalue weighted by atomic mass is 10.1. The van der Waals surface area contributed by atoms with Crippen molar-refractivity contribution < 1.29 is 4.79 Å². The first-order valence-electron chi connectivity index (χ1n) is 6.68. The number of ketones is 1. The van der Waals surface area contributed by atoms with Crippen LogP contribution in [-0.4, -0.2) is 35.4 Å². The maximum Gasteiger partial charge on any atom is 0.185 e. The molecule has 1 saturated heterocycles. The molecule has 20 heavy (non-hydrogen) atoms. The van der Waals surface area contributed by atoms with E-state index in [2.05, 4.69) is 9.88 Å². The van der Waals surface area contributed by atoms with Crippen molar-refractivity contribution in [1.29, 1.82) is 0 Å². The number of hydrogen-bond acceptors (Lipinski definition) is 5. The highest BCUT2D eigenvalue weighted by molar-refractivity contribution is 7.99. The Morgan fingerprint density at radius 3 is 2.70 bits per heavy atom. The molecule has 2 aromatic rings. The SMILES string of the molecule is O=C(Cc1csc(N2CCSCC2)n1)c1ccccc1. The number of thiazole rings is 1. The van der Waals surface area contributed by atoms with Gasteiger partial charge in [-0.15, -0.1) is 11.3 Å². The van der Waals surface area contributed by atoms with Crippen LogP contribution in [0, 0.1) is 0 Å². The summed E-state index contributed by atoms with van der Waals surface area (Å²) in [5.41, 5.74) is 1.65. The van der Waals surface area contributed by atoms with Gasteiger partial charge in [-0.2, -0.15) is 11.8 Å². The summed E-state index contributed by atoms with van der Waals surface area (Å²) in [6.45, 7) is 2.12. The summed E-state index contributed by atoms with van der Waals surface area (Å²) in [6.07, 6.45) is 0.392. The van der Waals surface area contributed by atoms with Crippen molar-refractivity contribution in [1.82, 2.24) is 4.98 Å². The highest BCUT2D eigenvalue weighted by Gasteiger charge is 2.16. The van der Waals surface area contributed by atoms with E-state index in [4.69, 9.17) is 0 Å². The van der Waals surface area contributed by atoms with Crippen LogP contribution in [0.3, 0.4) is 0 Å².